The number of non-ortho nitro benzene ring substituents is 1. The molecule has 3 aromatic rings. The first kappa shape index (κ1) is 25.3. The van der Waals surface area contributed by atoms with Gasteiger partial charge in [0, 0.05) is 17.2 Å². The summed E-state index contributed by atoms with van der Waals surface area (Å²) in [7, 11) is 0. The zero-order chi connectivity index (χ0) is 25.4. The van der Waals surface area contributed by atoms with E-state index < -0.39 is 10.8 Å². The summed E-state index contributed by atoms with van der Waals surface area (Å²) in [6.45, 7) is 4.23. The van der Waals surface area contributed by atoms with Crippen LogP contribution >= 0.6 is 11.6 Å². The van der Waals surface area contributed by atoms with E-state index >= 15 is 0 Å². The van der Waals surface area contributed by atoms with Gasteiger partial charge in [-0.2, -0.15) is 5.26 Å². The molecule has 178 valence electrons. The second kappa shape index (κ2) is 11.7. The maximum absolute atomic E-state index is 12.7. The molecule has 0 spiro atoms. The minimum absolute atomic E-state index is 0.163. The topological polar surface area (TPSA) is 114 Å². The number of nitrogens with zero attached hydrogens (tertiary/aromatic N) is 2. The number of halogens is 1. The van der Waals surface area contributed by atoms with Crippen LogP contribution in [-0.4, -0.2) is 17.4 Å². The molecule has 0 bridgehead atoms. The number of carbonyl (C=O) groups is 1. The fraction of sp³-hybridized carbons (Fsp3) is 0.154. The third-order valence-electron chi connectivity index (χ3n) is 4.93. The number of hydrogen-bond donors (Lipinski definition) is 1. The van der Waals surface area contributed by atoms with Crippen LogP contribution in [-0.2, 0) is 11.4 Å². The third-order valence-corrected chi connectivity index (χ3v) is 5.18. The van der Waals surface area contributed by atoms with Crippen LogP contribution in [0.3, 0.4) is 0 Å². The Labute approximate surface area is 207 Å². The molecule has 0 aliphatic carbocycles. The molecule has 0 aromatic heterocycles. The molecular weight excluding hydrogens is 470 g/mol. The van der Waals surface area contributed by atoms with E-state index in [0.29, 0.717) is 40.9 Å². The average Bonchev–Trinajstić information content (AvgIpc) is 2.84. The summed E-state index contributed by atoms with van der Waals surface area (Å²) in [6, 6.07) is 18.4. The monoisotopic (exact) mass is 491 g/mol. The van der Waals surface area contributed by atoms with Crippen molar-refractivity contribution in [1.29, 1.82) is 5.26 Å². The molecule has 1 N–H and O–H groups in total. The van der Waals surface area contributed by atoms with E-state index in [1.165, 1.54) is 24.3 Å². The minimum Gasteiger partial charge on any atom is -0.490 e. The Morgan fingerprint density at radius 1 is 1.11 bits per heavy atom. The number of anilines is 1. The maximum Gasteiger partial charge on any atom is 0.271 e. The lowest BCUT2D eigenvalue weighted by molar-refractivity contribution is -0.384. The van der Waals surface area contributed by atoms with Gasteiger partial charge < -0.3 is 14.8 Å². The number of nitro benzene ring substituents is 1. The second-order valence-corrected chi connectivity index (χ2v) is 7.87. The van der Waals surface area contributed by atoms with Crippen molar-refractivity contribution in [3.05, 3.63) is 98.1 Å². The SMILES string of the molecule is CCOc1cc(/C=C(\C#N)C(=O)Nc2cc([N+](=O)[O-])ccc2C)ccc1OCc1ccc(Cl)cc1. The molecule has 0 saturated carbocycles. The summed E-state index contributed by atoms with van der Waals surface area (Å²) in [5.41, 5.74) is 2.03. The highest BCUT2D eigenvalue weighted by Gasteiger charge is 2.15. The summed E-state index contributed by atoms with van der Waals surface area (Å²) in [6.07, 6.45) is 1.41. The lowest BCUT2D eigenvalue weighted by Gasteiger charge is -2.13. The van der Waals surface area contributed by atoms with E-state index in [1.807, 2.05) is 25.1 Å². The Balaban J connectivity index is 1.80. The molecule has 9 heteroatoms. The van der Waals surface area contributed by atoms with Gasteiger partial charge in [0.15, 0.2) is 11.5 Å². The molecule has 0 aliphatic heterocycles. The maximum atomic E-state index is 12.7. The Kier molecular flexibility index (Phi) is 8.43. The van der Waals surface area contributed by atoms with Crippen molar-refractivity contribution < 1.29 is 19.2 Å². The van der Waals surface area contributed by atoms with Crippen LogP contribution in [0.2, 0.25) is 5.02 Å². The number of carbonyl (C=O) groups excluding carboxylic acids is 1. The first-order chi connectivity index (χ1) is 16.8. The van der Waals surface area contributed by atoms with Crippen molar-refractivity contribution in [3.8, 4) is 17.6 Å². The van der Waals surface area contributed by atoms with Gasteiger partial charge in [0.25, 0.3) is 11.6 Å². The van der Waals surface area contributed by atoms with E-state index in [9.17, 15) is 20.2 Å². The molecule has 35 heavy (non-hydrogen) atoms. The normalized spacial score (nSPS) is 10.9. The second-order valence-electron chi connectivity index (χ2n) is 7.43. The number of hydrogen-bond acceptors (Lipinski definition) is 6. The van der Waals surface area contributed by atoms with Gasteiger partial charge in [-0.1, -0.05) is 35.9 Å². The highest BCUT2D eigenvalue weighted by Crippen LogP contribution is 2.30. The van der Waals surface area contributed by atoms with Crippen molar-refractivity contribution in [2.75, 3.05) is 11.9 Å². The molecule has 3 rings (SSSR count). The standard InChI is InChI=1S/C26H22ClN3O5/c1-3-34-25-13-19(7-11-24(25)35-16-18-5-8-21(27)9-6-18)12-20(15-28)26(31)29-23-14-22(30(32)33)10-4-17(23)2/h4-14H,3,16H2,1-2H3,(H,29,31)/b20-12+. The number of amides is 1. The first-order valence-corrected chi connectivity index (χ1v) is 11.0. The predicted molar refractivity (Wildman–Crippen MR) is 133 cm³/mol. The van der Waals surface area contributed by atoms with Gasteiger partial charge in [0.05, 0.1) is 17.2 Å². The quantitative estimate of drug-likeness (QED) is 0.168. The highest BCUT2D eigenvalue weighted by atomic mass is 35.5. The number of benzene rings is 3. The van der Waals surface area contributed by atoms with E-state index in [2.05, 4.69) is 5.32 Å². The Hall–Kier alpha value is -4.35. The number of nitrogens with one attached hydrogen (secondary N) is 1. The van der Waals surface area contributed by atoms with Gasteiger partial charge >= 0.3 is 0 Å². The number of nitro groups is 1. The Morgan fingerprint density at radius 2 is 1.86 bits per heavy atom. The largest absolute Gasteiger partial charge is 0.490 e. The van der Waals surface area contributed by atoms with Crippen molar-refractivity contribution in [1.82, 2.24) is 0 Å². The fourth-order valence-corrected chi connectivity index (χ4v) is 3.23. The third kappa shape index (κ3) is 6.82. The van der Waals surface area contributed by atoms with Crippen LogP contribution < -0.4 is 14.8 Å². The Bertz CT molecular complexity index is 1310. The fourth-order valence-electron chi connectivity index (χ4n) is 3.11. The molecule has 0 atom stereocenters. The summed E-state index contributed by atoms with van der Waals surface area (Å²) in [5.74, 6) is 0.286. The lowest BCUT2D eigenvalue weighted by atomic mass is 10.1. The van der Waals surface area contributed by atoms with Crippen LogP contribution in [0.5, 0.6) is 11.5 Å². The van der Waals surface area contributed by atoms with Gasteiger partial charge in [-0.05, 0) is 60.9 Å². The van der Waals surface area contributed by atoms with Crippen LogP contribution in [0.1, 0.15) is 23.6 Å². The molecule has 1 amide bonds. The molecule has 0 aliphatic rings. The zero-order valence-corrected chi connectivity index (χ0v) is 19.8. The summed E-state index contributed by atoms with van der Waals surface area (Å²) < 4.78 is 11.6. The molecule has 8 nitrogen and oxygen atoms in total. The average molecular weight is 492 g/mol. The van der Waals surface area contributed by atoms with Crippen LogP contribution in [0.15, 0.2) is 66.2 Å². The summed E-state index contributed by atoms with van der Waals surface area (Å²) >= 11 is 5.92. The van der Waals surface area contributed by atoms with Crippen LogP contribution in [0.25, 0.3) is 6.08 Å². The molecule has 0 unspecified atom stereocenters. The van der Waals surface area contributed by atoms with Crippen molar-refractivity contribution in [2.24, 2.45) is 0 Å². The molecular formula is C26H22ClN3O5. The minimum atomic E-state index is -0.683. The van der Waals surface area contributed by atoms with Gasteiger partial charge in [-0.25, -0.2) is 0 Å². The van der Waals surface area contributed by atoms with Crippen molar-refractivity contribution >= 4 is 35.0 Å². The number of ether oxygens (including phenoxy) is 2. The first-order valence-electron chi connectivity index (χ1n) is 10.6. The van der Waals surface area contributed by atoms with Gasteiger partial charge in [-0.3, -0.25) is 14.9 Å². The van der Waals surface area contributed by atoms with E-state index in [0.717, 1.165) is 5.56 Å². The number of aryl methyl sites for hydroxylation is 1. The lowest BCUT2D eigenvalue weighted by Crippen LogP contribution is -2.14. The van der Waals surface area contributed by atoms with Crippen molar-refractivity contribution in [3.63, 3.8) is 0 Å². The molecule has 0 fully saturated rings. The molecule has 0 heterocycles. The number of nitriles is 1. The van der Waals surface area contributed by atoms with Gasteiger partial charge in [0.1, 0.15) is 18.2 Å². The summed E-state index contributed by atoms with van der Waals surface area (Å²) in [4.78, 5) is 23.2. The van der Waals surface area contributed by atoms with Crippen LogP contribution in [0.4, 0.5) is 11.4 Å². The number of rotatable bonds is 9. The molecule has 0 saturated heterocycles. The smallest absolute Gasteiger partial charge is 0.271 e. The van der Waals surface area contributed by atoms with E-state index in [-0.39, 0.29) is 16.9 Å². The predicted octanol–water partition coefficient (Wildman–Crippen LogP) is 6.08. The molecule has 0 radical (unpaired) electrons. The van der Waals surface area contributed by atoms with E-state index in [4.69, 9.17) is 21.1 Å². The van der Waals surface area contributed by atoms with Crippen LogP contribution in [0, 0.1) is 28.4 Å². The summed E-state index contributed by atoms with van der Waals surface area (Å²) in [5, 5.41) is 23.8. The van der Waals surface area contributed by atoms with Gasteiger partial charge in [-0.15, -0.1) is 0 Å². The van der Waals surface area contributed by atoms with E-state index in [1.54, 1.807) is 37.3 Å². The highest BCUT2D eigenvalue weighted by molar-refractivity contribution is 6.30. The van der Waals surface area contributed by atoms with Crippen molar-refractivity contribution in [2.45, 2.75) is 20.5 Å². The Morgan fingerprint density at radius 3 is 2.51 bits per heavy atom. The zero-order valence-electron chi connectivity index (χ0n) is 19.1. The molecule has 3 aromatic carbocycles. The van der Waals surface area contributed by atoms with Gasteiger partial charge in [0.2, 0.25) is 0 Å².